The molecular weight excluding hydrogens is 436 g/mol. The predicted octanol–water partition coefficient (Wildman–Crippen LogP) is 7.28. The van der Waals surface area contributed by atoms with Crippen molar-refractivity contribution in [3.05, 3.63) is 92.6 Å². The molecule has 0 atom stereocenters. The first kappa shape index (κ1) is 22.9. The maximum Gasteiger partial charge on any atom is 0.235 e. The maximum atomic E-state index is 13.4. The van der Waals surface area contributed by atoms with Crippen LogP contribution < -0.4 is 14.9 Å². The molecule has 1 aromatic heterocycles. The summed E-state index contributed by atoms with van der Waals surface area (Å²) in [6.45, 7) is 6.99. The van der Waals surface area contributed by atoms with Gasteiger partial charge in [0, 0.05) is 10.6 Å². The summed E-state index contributed by atoms with van der Waals surface area (Å²) in [4.78, 5) is 13.4. The van der Waals surface area contributed by atoms with Gasteiger partial charge in [0.2, 0.25) is 11.2 Å². The Morgan fingerprint density at radius 3 is 2.27 bits per heavy atom. The van der Waals surface area contributed by atoms with E-state index in [0.29, 0.717) is 35.0 Å². The normalized spacial score (nSPS) is 11.0. The van der Waals surface area contributed by atoms with E-state index in [9.17, 15) is 4.79 Å². The molecule has 4 rings (SSSR count). The lowest BCUT2D eigenvalue weighted by molar-refractivity contribution is 0.263. The second kappa shape index (κ2) is 10.1. The molecule has 0 aliphatic rings. The van der Waals surface area contributed by atoms with Crippen molar-refractivity contribution in [3.8, 4) is 22.8 Å². The summed E-state index contributed by atoms with van der Waals surface area (Å²) in [5, 5.41) is 1.14. The van der Waals surface area contributed by atoms with Crippen LogP contribution in [0.4, 0.5) is 0 Å². The highest BCUT2D eigenvalue weighted by atomic mass is 35.5. The molecule has 0 saturated heterocycles. The van der Waals surface area contributed by atoms with Gasteiger partial charge in [0.05, 0.1) is 18.6 Å². The maximum absolute atomic E-state index is 13.4. The number of benzene rings is 3. The zero-order valence-corrected chi connectivity index (χ0v) is 19.9. The van der Waals surface area contributed by atoms with Gasteiger partial charge < -0.3 is 13.9 Å². The van der Waals surface area contributed by atoms with Crippen molar-refractivity contribution < 1.29 is 13.9 Å². The Kier molecular flexibility index (Phi) is 7.05. The summed E-state index contributed by atoms with van der Waals surface area (Å²) in [6, 6.07) is 19.0. The van der Waals surface area contributed by atoms with Gasteiger partial charge >= 0.3 is 0 Å². The van der Waals surface area contributed by atoms with E-state index in [0.717, 1.165) is 35.3 Å². The van der Waals surface area contributed by atoms with Crippen molar-refractivity contribution in [3.63, 3.8) is 0 Å². The van der Waals surface area contributed by atoms with Gasteiger partial charge in [-0.15, -0.1) is 0 Å². The highest BCUT2D eigenvalue weighted by Gasteiger charge is 2.18. The summed E-state index contributed by atoms with van der Waals surface area (Å²) >= 11 is 6.05. The van der Waals surface area contributed by atoms with Crippen LogP contribution in [0.15, 0.2) is 69.9 Å². The number of aryl methyl sites for hydroxylation is 3. The average Bonchev–Trinajstić information content (AvgIpc) is 2.79. The minimum absolute atomic E-state index is 0.166. The van der Waals surface area contributed by atoms with Gasteiger partial charge in [-0.05, 0) is 98.8 Å². The standard InChI is InChI=1S/C28H27ClO4/c1-18-7-6-8-23(15-18)31-13-4-5-14-32-28-26(30)24-16-19(2)20(3)17-25(24)33-27(28)21-9-11-22(29)12-10-21/h6-12,15-17H,4-5,13-14H2,1-3H3. The summed E-state index contributed by atoms with van der Waals surface area (Å²) in [5.74, 6) is 1.51. The molecule has 0 aliphatic carbocycles. The lowest BCUT2D eigenvalue weighted by atomic mass is 10.0. The number of hydrogen-bond donors (Lipinski definition) is 0. The van der Waals surface area contributed by atoms with E-state index in [-0.39, 0.29) is 11.2 Å². The Hall–Kier alpha value is -3.24. The van der Waals surface area contributed by atoms with Crippen molar-refractivity contribution in [2.24, 2.45) is 0 Å². The van der Waals surface area contributed by atoms with E-state index in [1.807, 2.05) is 69.3 Å². The van der Waals surface area contributed by atoms with Gasteiger partial charge in [0.25, 0.3) is 0 Å². The minimum Gasteiger partial charge on any atom is -0.494 e. The van der Waals surface area contributed by atoms with Crippen molar-refractivity contribution >= 4 is 22.6 Å². The zero-order chi connectivity index (χ0) is 23.4. The van der Waals surface area contributed by atoms with Crippen LogP contribution in [-0.4, -0.2) is 13.2 Å². The van der Waals surface area contributed by atoms with E-state index in [1.54, 1.807) is 12.1 Å². The molecule has 0 fully saturated rings. The average molecular weight is 463 g/mol. The molecule has 0 aliphatic heterocycles. The molecule has 4 aromatic rings. The quantitative estimate of drug-likeness (QED) is 0.258. The van der Waals surface area contributed by atoms with Crippen LogP contribution in [0.2, 0.25) is 5.02 Å². The highest BCUT2D eigenvalue weighted by molar-refractivity contribution is 6.30. The topological polar surface area (TPSA) is 48.7 Å². The Morgan fingerprint density at radius 2 is 1.55 bits per heavy atom. The molecule has 170 valence electrons. The van der Waals surface area contributed by atoms with E-state index in [4.69, 9.17) is 25.5 Å². The molecule has 0 spiro atoms. The third-order valence-electron chi connectivity index (χ3n) is 5.61. The fourth-order valence-electron chi connectivity index (χ4n) is 3.63. The predicted molar refractivity (Wildman–Crippen MR) is 134 cm³/mol. The van der Waals surface area contributed by atoms with Crippen LogP contribution in [0.25, 0.3) is 22.3 Å². The first-order valence-electron chi connectivity index (χ1n) is 11.1. The molecule has 0 bridgehead atoms. The molecule has 0 unspecified atom stereocenters. The zero-order valence-electron chi connectivity index (χ0n) is 19.1. The van der Waals surface area contributed by atoms with Gasteiger partial charge in [-0.25, -0.2) is 0 Å². The number of rotatable bonds is 8. The van der Waals surface area contributed by atoms with Crippen molar-refractivity contribution in [2.75, 3.05) is 13.2 Å². The first-order valence-corrected chi connectivity index (χ1v) is 11.5. The molecule has 1 heterocycles. The van der Waals surface area contributed by atoms with Crippen molar-refractivity contribution in [1.29, 1.82) is 0 Å². The Morgan fingerprint density at radius 1 is 0.848 bits per heavy atom. The van der Waals surface area contributed by atoms with E-state index < -0.39 is 0 Å². The minimum atomic E-state index is -0.166. The smallest absolute Gasteiger partial charge is 0.235 e. The third kappa shape index (κ3) is 5.40. The molecule has 4 nitrogen and oxygen atoms in total. The van der Waals surface area contributed by atoms with Crippen molar-refractivity contribution in [2.45, 2.75) is 33.6 Å². The molecule has 5 heteroatoms. The van der Waals surface area contributed by atoms with Gasteiger partial charge in [-0.1, -0.05) is 23.7 Å². The van der Waals surface area contributed by atoms with Gasteiger partial charge in [-0.2, -0.15) is 0 Å². The number of halogens is 1. The Labute approximate surface area is 198 Å². The van der Waals surface area contributed by atoms with Gasteiger partial charge in [0.1, 0.15) is 11.3 Å². The van der Waals surface area contributed by atoms with E-state index in [1.165, 1.54) is 5.56 Å². The van der Waals surface area contributed by atoms with Crippen LogP contribution in [0.3, 0.4) is 0 Å². The fraction of sp³-hybridized carbons (Fsp3) is 0.250. The fourth-order valence-corrected chi connectivity index (χ4v) is 3.76. The number of unbranched alkanes of at least 4 members (excludes halogenated alkanes) is 1. The summed E-state index contributed by atoms with van der Waals surface area (Å²) in [6.07, 6.45) is 1.55. The highest BCUT2D eigenvalue weighted by Crippen LogP contribution is 2.32. The third-order valence-corrected chi connectivity index (χ3v) is 5.87. The summed E-state index contributed by atoms with van der Waals surface area (Å²) in [5.41, 5.74) is 4.39. The number of fused-ring (bicyclic) bond motifs is 1. The van der Waals surface area contributed by atoms with Crippen LogP contribution in [0.1, 0.15) is 29.5 Å². The summed E-state index contributed by atoms with van der Waals surface area (Å²) in [7, 11) is 0. The van der Waals surface area contributed by atoms with Gasteiger partial charge in [-0.3, -0.25) is 4.79 Å². The molecular formula is C28H27ClO4. The molecule has 0 N–H and O–H groups in total. The van der Waals surface area contributed by atoms with Crippen LogP contribution in [0.5, 0.6) is 11.5 Å². The SMILES string of the molecule is Cc1cccc(OCCCCOc2c(-c3ccc(Cl)cc3)oc3cc(C)c(C)cc3c2=O)c1. The monoisotopic (exact) mass is 462 g/mol. The van der Waals surface area contributed by atoms with Crippen LogP contribution in [0, 0.1) is 20.8 Å². The molecule has 0 amide bonds. The molecule has 3 aromatic carbocycles. The van der Waals surface area contributed by atoms with Crippen molar-refractivity contribution in [1.82, 2.24) is 0 Å². The summed E-state index contributed by atoms with van der Waals surface area (Å²) < 4.78 is 18.0. The molecule has 0 radical (unpaired) electrons. The van der Waals surface area contributed by atoms with Crippen LogP contribution >= 0.6 is 11.6 Å². The molecule has 0 saturated carbocycles. The van der Waals surface area contributed by atoms with E-state index >= 15 is 0 Å². The lowest BCUT2D eigenvalue weighted by Crippen LogP contribution is -2.12. The van der Waals surface area contributed by atoms with E-state index in [2.05, 4.69) is 0 Å². The first-order chi connectivity index (χ1) is 15.9. The van der Waals surface area contributed by atoms with Crippen LogP contribution in [-0.2, 0) is 0 Å². The Balaban J connectivity index is 1.53. The second-order valence-electron chi connectivity index (χ2n) is 8.25. The van der Waals surface area contributed by atoms with Gasteiger partial charge in [0.15, 0.2) is 5.76 Å². The largest absolute Gasteiger partial charge is 0.494 e. The lowest BCUT2D eigenvalue weighted by Gasteiger charge is -2.13. The number of hydrogen-bond acceptors (Lipinski definition) is 4. The second-order valence-corrected chi connectivity index (χ2v) is 8.69. The number of ether oxygens (including phenoxy) is 2. The molecule has 33 heavy (non-hydrogen) atoms. The Bertz CT molecular complexity index is 1320.